The lowest BCUT2D eigenvalue weighted by molar-refractivity contribution is 0.230. The summed E-state index contributed by atoms with van der Waals surface area (Å²) in [5, 5.41) is 12.5. The van der Waals surface area contributed by atoms with Crippen LogP contribution in [0.3, 0.4) is 0 Å². The molecule has 0 saturated heterocycles. The van der Waals surface area contributed by atoms with Crippen molar-refractivity contribution in [1.29, 1.82) is 0 Å². The summed E-state index contributed by atoms with van der Waals surface area (Å²) in [6.45, 7) is 6.55. The number of nitrogens with one attached hydrogen (secondary N) is 1. The molecular weight excluding hydrogens is 194 g/mol. The van der Waals surface area contributed by atoms with Crippen LogP contribution >= 0.6 is 11.3 Å². The van der Waals surface area contributed by atoms with E-state index in [1.54, 1.807) is 0 Å². The molecule has 0 aromatic carbocycles. The van der Waals surface area contributed by atoms with E-state index in [-0.39, 0.29) is 12.6 Å². The van der Waals surface area contributed by atoms with E-state index in [9.17, 15) is 0 Å². The third kappa shape index (κ3) is 3.08. The van der Waals surface area contributed by atoms with Crippen molar-refractivity contribution in [3.63, 3.8) is 0 Å². The minimum Gasteiger partial charge on any atom is -0.395 e. The molecule has 0 fully saturated rings. The van der Waals surface area contributed by atoms with E-state index >= 15 is 0 Å². The van der Waals surface area contributed by atoms with Crippen LogP contribution in [0.1, 0.15) is 36.1 Å². The van der Waals surface area contributed by atoms with Gasteiger partial charge in [-0.3, -0.25) is 0 Å². The Balaban J connectivity index is 2.53. The van der Waals surface area contributed by atoms with E-state index in [4.69, 9.17) is 5.11 Å². The predicted octanol–water partition coefficient (Wildman–Crippen LogP) is 2.48. The molecule has 14 heavy (non-hydrogen) atoms. The Morgan fingerprint density at radius 3 is 2.64 bits per heavy atom. The third-order valence-corrected chi connectivity index (χ3v) is 3.57. The van der Waals surface area contributed by atoms with Gasteiger partial charge in [-0.25, -0.2) is 0 Å². The average Bonchev–Trinajstić information content (AvgIpc) is 2.61. The van der Waals surface area contributed by atoms with Gasteiger partial charge in [0.25, 0.3) is 0 Å². The maximum Gasteiger partial charge on any atom is 0.0584 e. The highest BCUT2D eigenvalue weighted by Crippen LogP contribution is 2.22. The van der Waals surface area contributed by atoms with Crippen molar-refractivity contribution in [1.82, 2.24) is 5.32 Å². The summed E-state index contributed by atoms with van der Waals surface area (Å²) < 4.78 is 0. The lowest BCUT2D eigenvalue weighted by atomic mass is 10.2. The van der Waals surface area contributed by atoms with Crippen LogP contribution in [0.4, 0.5) is 0 Å². The van der Waals surface area contributed by atoms with Gasteiger partial charge in [-0.2, -0.15) is 0 Å². The second-order valence-electron chi connectivity index (χ2n) is 3.62. The maximum atomic E-state index is 9.07. The van der Waals surface area contributed by atoms with E-state index in [1.807, 2.05) is 11.3 Å². The molecule has 1 aromatic rings. The van der Waals surface area contributed by atoms with E-state index in [0.717, 1.165) is 6.42 Å². The van der Waals surface area contributed by atoms with Gasteiger partial charge < -0.3 is 10.4 Å². The Morgan fingerprint density at radius 1 is 1.50 bits per heavy atom. The highest BCUT2D eigenvalue weighted by atomic mass is 32.1. The van der Waals surface area contributed by atoms with Crippen LogP contribution in [0, 0.1) is 6.92 Å². The van der Waals surface area contributed by atoms with Gasteiger partial charge >= 0.3 is 0 Å². The van der Waals surface area contributed by atoms with Gasteiger partial charge in [0.05, 0.1) is 6.61 Å². The standard InChI is InChI=1S/C11H19NOS/c1-4-10(7-13)12-9(3)11-6-5-8(2)14-11/h5-6,9-10,12-13H,4,7H2,1-3H3/t9-,10-/m1/s1. The van der Waals surface area contributed by atoms with Crippen LogP contribution < -0.4 is 5.32 Å². The minimum absolute atomic E-state index is 0.213. The fourth-order valence-electron chi connectivity index (χ4n) is 1.42. The van der Waals surface area contributed by atoms with Gasteiger partial charge in [0.15, 0.2) is 0 Å². The number of aliphatic hydroxyl groups excluding tert-OH is 1. The molecule has 0 spiro atoms. The van der Waals surface area contributed by atoms with Crippen molar-refractivity contribution in [2.24, 2.45) is 0 Å². The van der Waals surface area contributed by atoms with Gasteiger partial charge in [0.1, 0.15) is 0 Å². The smallest absolute Gasteiger partial charge is 0.0584 e. The molecule has 1 heterocycles. The van der Waals surface area contributed by atoms with Crippen molar-refractivity contribution in [2.45, 2.75) is 39.3 Å². The Labute approximate surface area is 90.0 Å². The molecule has 80 valence electrons. The van der Waals surface area contributed by atoms with Gasteiger partial charge in [0, 0.05) is 21.8 Å². The summed E-state index contributed by atoms with van der Waals surface area (Å²) >= 11 is 1.81. The molecule has 3 heteroatoms. The molecule has 0 aliphatic heterocycles. The van der Waals surface area contributed by atoms with Crippen LogP contribution in [-0.4, -0.2) is 17.8 Å². The number of aryl methyl sites for hydroxylation is 1. The summed E-state index contributed by atoms with van der Waals surface area (Å²) in [5.74, 6) is 0. The summed E-state index contributed by atoms with van der Waals surface area (Å²) in [5.41, 5.74) is 0. The van der Waals surface area contributed by atoms with Crippen molar-refractivity contribution in [3.05, 3.63) is 21.9 Å². The second-order valence-corrected chi connectivity index (χ2v) is 4.94. The largest absolute Gasteiger partial charge is 0.395 e. The fourth-order valence-corrected chi connectivity index (χ4v) is 2.31. The zero-order valence-electron chi connectivity index (χ0n) is 9.08. The van der Waals surface area contributed by atoms with Crippen LogP contribution in [0.15, 0.2) is 12.1 Å². The monoisotopic (exact) mass is 213 g/mol. The molecule has 0 aliphatic carbocycles. The molecule has 1 aromatic heterocycles. The minimum atomic E-state index is 0.213. The first-order chi connectivity index (χ1) is 6.67. The molecule has 0 amide bonds. The molecule has 0 aliphatic rings. The quantitative estimate of drug-likeness (QED) is 0.787. The Kier molecular flexibility index (Phi) is 4.58. The highest BCUT2D eigenvalue weighted by Gasteiger charge is 2.11. The lowest BCUT2D eigenvalue weighted by Crippen LogP contribution is -2.33. The van der Waals surface area contributed by atoms with E-state index < -0.39 is 0 Å². The predicted molar refractivity (Wildman–Crippen MR) is 61.8 cm³/mol. The molecule has 2 atom stereocenters. The Bertz CT molecular complexity index is 268. The number of rotatable bonds is 5. The molecule has 0 radical (unpaired) electrons. The molecule has 0 bridgehead atoms. The van der Waals surface area contributed by atoms with Crippen LogP contribution in [0.25, 0.3) is 0 Å². The summed E-state index contributed by atoms with van der Waals surface area (Å²) in [7, 11) is 0. The second kappa shape index (κ2) is 5.49. The fraction of sp³-hybridized carbons (Fsp3) is 0.636. The van der Waals surface area contributed by atoms with Gasteiger partial charge in [-0.05, 0) is 32.4 Å². The summed E-state index contributed by atoms with van der Waals surface area (Å²) in [6, 6.07) is 4.85. The zero-order chi connectivity index (χ0) is 10.6. The SMILES string of the molecule is CC[C@H](CO)N[C@H](C)c1ccc(C)s1. The zero-order valence-corrected chi connectivity index (χ0v) is 9.90. The molecular formula is C11H19NOS. The van der Waals surface area contributed by atoms with Gasteiger partial charge in [-0.1, -0.05) is 6.92 Å². The van der Waals surface area contributed by atoms with Gasteiger partial charge in [-0.15, -0.1) is 11.3 Å². The number of hydrogen-bond acceptors (Lipinski definition) is 3. The highest BCUT2D eigenvalue weighted by molar-refractivity contribution is 7.12. The number of thiophene rings is 1. The van der Waals surface area contributed by atoms with E-state index in [0.29, 0.717) is 6.04 Å². The first kappa shape index (κ1) is 11.7. The van der Waals surface area contributed by atoms with Crippen LogP contribution in [0.2, 0.25) is 0 Å². The van der Waals surface area contributed by atoms with E-state index in [1.165, 1.54) is 9.75 Å². The van der Waals surface area contributed by atoms with Crippen molar-refractivity contribution in [2.75, 3.05) is 6.61 Å². The maximum absolute atomic E-state index is 9.07. The summed E-state index contributed by atoms with van der Waals surface area (Å²) in [6.07, 6.45) is 0.963. The van der Waals surface area contributed by atoms with Crippen molar-refractivity contribution in [3.8, 4) is 0 Å². The van der Waals surface area contributed by atoms with Gasteiger partial charge in [0.2, 0.25) is 0 Å². The molecule has 2 N–H and O–H groups in total. The van der Waals surface area contributed by atoms with Crippen LogP contribution in [0.5, 0.6) is 0 Å². The first-order valence-electron chi connectivity index (χ1n) is 5.10. The summed E-state index contributed by atoms with van der Waals surface area (Å²) in [4.78, 5) is 2.68. The molecule has 2 nitrogen and oxygen atoms in total. The number of aliphatic hydroxyl groups is 1. The Hall–Kier alpha value is -0.380. The molecule has 0 saturated carbocycles. The number of hydrogen-bond donors (Lipinski definition) is 2. The lowest BCUT2D eigenvalue weighted by Gasteiger charge is -2.19. The third-order valence-electron chi connectivity index (χ3n) is 2.39. The van der Waals surface area contributed by atoms with Crippen molar-refractivity contribution >= 4 is 11.3 Å². The molecule has 0 unspecified atom stereocenters. The average molecular weight is 213 g/mol. The topological polar surface area (TPSA) is 32.3 Å². The first-order valence-corrected chi connectivity index (χ1v) is 5.92. The molecule has 1 rings (SSSR count). The normalized spacial score (nSPS) is 15.4. The van der Waals surface area contributed by atoms with Crippen molar-refractivity contribution < 1.29 is 5.11 Å². The van der Waals surface area contributed by atoms with Crippen LogP contribution in [-0.2, 0) is 0 Å². The van der Waals surface area contributed by atoms with E-state index in [2.05, 4.69) is 38.2 Å². The Morgan fingerprint density at radius 2 is 2.21 bits per heavy atom.